The molecule has 1 aliphatic rings. The smallest absolute Gasteiger partial charge is 0.266 e. The SMILES string of the molecule is Cc1cncc(-n2c(C)c(C(=O)NCc3cccc(F)c3C3CC3)c3cccc(F)c3c2=O)c1. The Morgan fingerprint density at radius 1 is 1.09 bits per heavy atom. The number of carbonyl (C=O) groups is 1. The van der Waals surface area contributed by atoms with Gasteiger partial charge >= 0.3 is 0 Å². The zero-order chi connectivity index (χ0) is 24.0. The molecular weight excluding hydrogens is 436 g/mol. The maximum atomic E-state index is 14.8. The number of rotatable bonds is 5. The van der Waals surface area contributed by atoms with Crippen molar-refractivity contribution in [1.29, 1.82) is 0 Å². The number of nitrogens with zero attached hydrogens (tertiary/aromatic N) is 2. The molecule has 4 aromatic rings. The van der Waals surface area contributed by atoms with Crippen molar-refractivity contribution in [3.8, 4) is 5.69 Å². The van der Waals surface area contributed by atoms with E-state index in [0.29, 0.717) is 16.9 Å². The summed E-state index contributed by atoms with van der Waals surface area (Å²) in [7, 11) is 0. The van der Waals surface area contributed by atoms with E-state index in [1.165, 1.54) is 29.0 Å². The van der Waals surface area contributed by atoms with E-state index in [1.807, 2.05) is 6.92 Å². The van der Waals surface area contributed by atoms with Crippen LogP contribution in [0.25, 0.3) is 16.5 Å². The van der Waals surface area contributed by atoms with Gasteiger partial charge in [-0.2, -0.15) is 0 Å². The second-order valence-corrected chi connectivity index (χ2v) is 8.75. The molecule has 0 radical (unpaired) electrons. The standard InChI is InChI=1S/C27H23F2N3O2/c1-15-11-19(14-30-12-15)32-16(2)23(20-6-4-8-22(29)25(20)27(32)34)26(33)31-13-18-5-3-7-21(28)24(18)17-9-10-17/h3-8,11-12,14,17H,9-10,13H2,1-2H3,(H,31,33). The Labute approximate surface area is 195 Å². The zero-order valence-corrected chi connectivity index (χ0v) is 18.9. The van der Waals surface area contributed by atoms with Gasteiger partial charge in [-0.1, -0.05) is 24.3 Å². The lowest BCUT2D eigenvalue weighted by Gasteiger charge is -2.18. The first-order valence-corrected chi connectivity index (χ1v) is 11.2. The van der Waals surface area contributed by atoms with Crippen LogP contribution in [0.4, 0.5) is 8.78 Å². The lowest BCUT2D eigenvalue weighted by atomic mass is 10.0. The van der Waals surface area contributed by atoms with Crippen LogP contribution >= 0.6 is 0 Å². The predicted octanol–water partition coefficient (Wildman–Crippen LogP) is 5.09. The van der Waals surface area contributed by atoms with E-state index in [2.05, 4.69) is 10.3 Å². The minimum atomic E-state index is -0.702. The number of carbonyl (C=O) groups excluding carboxylic acids is 1. The van der Waals surface area contributed by atoms with Crippen LogP contribution in [0.5, 0.6) is 0 Å². The van der Waals surface area contributed by atoms with Crippen LogP contribution in [0.1, 0.15) is 51.5 Å². The van der Waals surface area contributed by atoms with Crippen molar-refractivity contribution in [1.82, 2.24) is 14.9 Å². The number of amides is 1. The Balaban J connectivity index is 1.62. The van der Waals surface area contributed by atoms with E-state index in [-0.39, 0.29) is 34.6 Å². The van der Waals surface area contributed by atoms with Crippen molar-refractivity contribution in [3.63, 3.8) is 0 Å². The van der Waals surface area contributed by atoms with Crippen molar-refractivity contribution < 1.29 is 13.6 Å². The number of halogens is 2. The summed E-state index contributed by atoms with van der Waals surface area (Å²) >= 11 is 0. The molecule has 0 saturated heterocycles. The average molecular weight is 459 g/mol. The molecule has 0 aliphatic heterocycles. The Morgan fingerprint density at radius 2 is 1.82 bits per heavy atom. The molecule has 2 heterocycles. The molecule has 0 atom stereocenters. The van der Waals surface area contributed by atoms with Crippen LogP contribution in [-0.4, -0.2) is 15.5 Å². The minimum Gasteiger partial charge on any atom is -0.348 e. The van der Waals surface area contributed by atoms with Gasteiger partial charge in [0.05, 0.1) is 22.8 Å². The van der Waals surface area contributed by atoms with Gasteiger partial charge in [0.15, 0.2) is 0 Å². The highest BCUT2D eigenvalue weighted by atomic mass is 19.1. The average Bonchev–Trinajstić information content (AvgIpc) is 3.63. The topological polar surface area (TPSA) is 64.0 Å². The third-order valence-corrected chi connectivity index (χ3v) is 6.31. The molecule has 7 heteroatoms. The molecule has 172 valence electrons. The third-order valence-electron chi connectivity index (χ3n) is 6.31. The normalized spacial score (nSPS) is 13.3. The summed E-state index contributed by atoms with van der Waals surface area (Å²) in [6, 6.07) is 10.9. The van der Waals surface area contributed by atoms with Gasteiger partial charge in [0.1, 0.15) is 11.6 Å². The van der Waals surface area contributed by atoms with E-state index in [9.17, 15) is 18.4 Å². The highest BCUT2D eigenvalue weighted by Crippen LogP contribution is 2.43. The maximum Gasteiger partial charge on any atom is 0.266 e. The van der Waals surface area contributed by atoms with Gasteiger partial charge in [0.25, 0.3) is 11.5 Å². The number of pyridine rings is 2. The first-order valence-electron chi connectivity index (χ1n) is 11.2. The van der Waals surface area contributed by atoms with E-state index in [4.69, 9.17) is 0 Å². The first kappa shape index (κ1) is 21.9. The van der Waals surface area contributed by atoms with E-state index < -0.39 is 17.3 Å². The van der Waals surface area contributed by atoms with Crippen molar-refractivity contribution in [2.75, 3.05) is 0 Å². The summed E-state index contributed by atoms with van der Waals surface area (Å²) in [6.45, 7) is 3.62. The van der Waals surface area contributed by atoms with Crippen molar-refractivity contribution >= 4 is 16.7 Å². The highest BCUT2D eigenvalue weighted by Gasteiger charge is 2.29. The number of benzene rings is 2. The van der Waals surface area contributed by atoms with Crippen LogP contribution in [0, 0.1) is 25.5 Å². The largest absolute Gasteiger partial charge is 0.348 e. The molecule has 0 spiro atoms. The number of nitrogens with one attached hydrogen (secondary N) is 1. The zero-order valence-electron chi connectivity index (χ0n) is 18.9. The maximum absolute atomic E-state index is 14.8. The third kappa shape index (κ3) is 3.77. The van der Waals surface area contributed by atoms with Gasteiger partial charge in [-0.3, -0.25) is 19.1 Å². The fourth-order valence-corrected chi connectivity index (χ4v) is 4.61. The summed E-state index contributed by atoms with van der Waals surface area (Å²) < 4.78 is 30.6. The molecule has 5 rings (SSSR count). The van der Waals surface area contributed by atoms with Crippen LogP contribution in [0.15, 0.2) is 59.7 Å². The Kier molecular flexibility index (Phi) is 5.48. The minimum absolute atomic E-state index is 0.129. The molecule has 1 amide bonds. The summed E-state index contributed by atoms with van der Waals surface area (Å²) in [5.74, 6) is -1.25. The Morgan fingerprint density at radius 3 is 2.56 bits per heavy atom. The second-order valence-electron chi connectivity index (χ2n) is 8.75. The molecule has 0 bridgehead atoms. The van der Waals surface area contributed by atoms with Gasteiger partial charge < -0.3 is 5.32 Å². The van der Waals surface area contributed by atoms with Gasteiger partial charge in [-0.05, 0) is 67.5 Å². The predicted molar refractivity (Wildman–Crippen MR) is 126 cm³/mol. The molecule has 1 saturated carbocycles. The number of aryl methyl sites for hydroxylation is 1. The van der Waals surface area contributed by atoms with Crippen molar-refractivity contribution in [2.45, 2.75) is 39.2 Å². The van der Waals surface area contributed by atoms with Crippen molar-refractivity contribution in [3.05, 3.63) is 105 Å². The van der Waals surface area contributed by atoms with Crippen LogP contribution < -0.4 is 10.9 Å². The summed E-state index contributed by atoms with van der Waals surface area (Å²) in [4.78, 5) is 30.9. The molecule has 1 aliphatic carbocycles. The molecule has 1 N–H and O–H groups in total. The summed E-state index contributed by atoms with van der Waals surface area (Å²) in [5, 5.41) is 2.94. The summed E-state index contributed by atoms with van der Waals surface area (Å²) in [6.07, 6.45) is 5.01. The van der Waals surface area contributed by atoms with Crippen LogP contribution in [0.2, 0.25) is 0 Å². The van der Waals surface area contributed by atoms with E-state index in [1.54, 1.807) is 37.4 Å². The lowest BCUT2D eigenvalue weighted by Crippen LogP contribution is -2.30. The number of hydrogen-bond acceptors (Lipinski definition) is 3. The number of aromatic nitrogens is 2. The summed E-state index contributed by atoms with van der Waals surface area (Å²) in [5.41, 5.74) is 2.64. The quantitative estimate of drug-likeness (QED) is 0.452. The first-order chi connectivity index (χ1) is 16.4. The van der Waals surface area contributed by atoms with Gasteiger partial charge in [0, 0.05) is 23.8 Å². The second kappa shape index (κ2) is 8.48. The molecule has 5 nitrogen and oxygen atoms in total. The van der Waals surface area contributed by atoms with Crippen molar-refractivity contribution in [2.24, 2.45) is 0 Å². The molecule has 0 unspecified atom stereocenters. The highest BCUT2D eigenvalue weighted by molar-refractivity contribution is 6.08. The van der Waals surface area contributed by atoms with Gasteiger partial charge in [0.2, 0.25) is 0 Å². The number of fused-ring (bicyclic) bond motifs is 1. The van der Waals surface area contributed by atoms with Gasteiger partial charge in [-0.25, -0.2) is 8.78 Å². The van der Waals surface area contributed by atoms with Gasteiger partial charge in [-0.15, -0.1) is 0 Å². The fraction of sp³-hybridized carbons (Fsp3) is 0.222. The Hall–Kier alpha value is -3.87. The monoisotopic (exact) mass is 459 g/mol. The molecule has 2 aromatic carbocycles. The van der Waals surface area contributed by atoms with E-state index in [0.717, 1.165) is 24.0 Å². The fourth-order valence-electron chi connectivity index (χ4n) is 4.61. The van der Waals surface area contributed by atoms with Crippen LogP contribution in [0.3, 0.4) is 0 Å². The number of hydrogen-bond donors (Lipinski definition) is 1. The lowest BCUT2D eigenvalue weighted by molar-refractivity contribution is 0.0951. The molecule has 34 heavy (non-hydrogen) atoms. The van der Waals surface area contributed by atoms with Crippen LogP contribution in [-0.2, 0) is 6.54 Å². The molecule has 2 aromatic heterocycles. The Bertz CT molecular complexity index is 1510. The van der Waals surface area contributed by atoms with E-state index >= 15 is 0 Å². The molecular formula is C27H23F2N3O2. The molecule has 1 fully saturated rings.